The molecule has 1 saturated heterocycles. The summed E-state index contributed by atoms with van der Waals surface area (Å²) in [6, 6.07) is -0.285. The molecule has 0 N–H and O–H groups in total. The standard InChI is InChI=1S/C21H31N3O6/c1-15(25)30-14-16-12-23(10-9-22(16)13-17(26)11-21(2,3)4)18(27)7-8-24-19(28)5-6-20(24)29/h5-6,16H,7-14H2,1-4H3. The number of amides is 3. The van der Waals surface area contributed by atoms with Crippen LogP contribution in [0.4, 0.5) is 0 Å². The molecule has 166 valence electrons. The normalized spacial score (nSPS) is 20.1. The van der Waals surface area contributed by atoms with Crippen molar-refractivity contribution in [2.24, 2.45) is 5.41 Å². The first kappa shape index (κ1) is 23.7. The molecule has 0 radical (unpaired) electrons. The Kier molecular flexibility index (Phi) is 7.89. The lowest BCUT2D eigenvalue weighted by Gasteiger charge is -2.41. The fourth-order valence-electron chi connectivity index (χ4n) is 3.59. The van der Waals surface area contributed by atoms with Crippen molar-refractivity contribution in [3.8, 4) is 0 Å². The first-order valence-electron chi connectivity index (χ1n) is 10.2. The van der Waals surface area contributed by atoms with E-state index in [1.54, 1.807) is 4.90 Å². The van der Waals surface area contributed by atoms with Crippen LogP contribution in [-0.2, 0) is 28.7 Å². The number of Topliss-reactive ketones (excluding diaryl/α,β-unsaturated/α-hetero) is 1. The second-order valence-corrected chi connectivity index (χ2v) is 8.95. The largest absolute Gasteiger partial charge is 0.464 e. The SMILES string of the molecule is CC(=O)OCC1CN(C(=O)CCN2C(=O)C=CC2=O)CCN1CC(=O)CC(C)(C)C. The number of ether oxygens (including phenoxy) is 1. The molecule has 9 heteroatoms. The Morgan fingerprint density at radius 1 is 1.10 bits per heavy atom. The quantitative estimate of drug-likeness (QED) is 0.412. The number of nitrogens with zero attached hydrogens (tertiary/aromatic N) is 3. The van der Waals surface area contributed by atoms with Crippen LogP contribution in [0.3, 0.4) is 0 Å². The lowest BCUT2D eigenvalue weighted by Crippen LogP contribution is -2.57. The number of carbonyl (C=O) groups is 5. The number of rotatable bonds is 8. The average Bonchev–Trinajstić information content (AvgIpc) is 2.95. The van der Waals surface area contributed by atoms with Crippen LogP contribution in [0.1, 0.15) is 40.5 Å². The van der Waals surface area contributed by atoms with Crippen molar-refractivity contribution >= 4 is 29.5 Å². The molecule has 3 amide bonds. The Labute approximate surface area is 177 Å². The number of hydrogen-bond acceptors (Lipinski definition) is 7. The van der Waals surface area contributed by atoms with E-state index in [1.807, 2.05) is 25.7 Å². The molecule has 2 heterocycles. The molecule has 0 bridgehead atoms. The van der Waals surface area contributed by atoms with Gasteiger partial charge in [-0.1, -0.05) is 20.8 Å². The Morgan fingerprint density at radius 3 is 2.30 bits per heavy atom. The maximum Gasteiger partial charge on any atom is 0.302 e. The Balaban J connectivity index is 1.94. The molecule has 2 aliphatic heterocycles. The fourth-order valence-corrected chi connectivity index (χ4v) is 3.59. The van der Waals surface area contributed by atoms with Crippen LogP contribution in [0.25, 0.3) is 0 Å². The van der Waals surface area contributed by atoms with Crippen molar-refractivity contribution < 1.29 is 28.7 Å². The van der Waals surface area contributed by atoms with Gasteiger partial charge in [0.25, 0.3) is 11.8 Å². The zero-order chi connectivity index (χ0) is 22.5. The zero-order valence-electron chi connectivity index (χ0n) is 18.2. The van der Waals surface area contributed by atoms with Crippen molar-refractivity contribution in [2.45, 2.75) is 46.6 Å². The smallest absolute Gasteiger partial charge is 0.302 e. The van der Waals surface area contributed by atoms with Gasteiger partial charge in [-0.05, 0) is 5.41 Å². The van der Waals surface area contributed by atoms with E-state index >= 15 is 0 Å². The molecule has 0 aromatic carbocycles. The molecule has 0 aromatic rings. The van der Waals surface area contributed by atoms with Crippen molar-refractivity contribution in [3.63, 3.8) is 0 Å². The summed E-state index contributed by atoms with van der Waals surface area (Å²) < 4.78 is 5.16. The molecule has 30 heavy (non-hydrogen) atoms. The molecule has 0 aliphatic carbocycles. The Hall–Kier alpha value is -2.55. The van der Waals surface area contributed by atoms with Gasteiger partial charge in [-0.15, -0.1) is 0 Å². The van der Waals surface area contributed by atoms with Crippen molar-refractivity contribution in [1.82, 2.24) is 14.7 Å². The predicted molar refractivity (Wildman–Crippen MR) is 108 cm³/mol. The minimum absolute atomic E-state index is 0.0302. The highest BCUT2D eigenvalue weighted by Gasteiger charge is 2.33. The predicted octanol–water partition coefficient (Wildman–Crippen LogP) is 0.383. The lowest BCUT2D eigenvalue weighted by atomic mass is 9.89. The van der Waals surface area contributed by atoms with E-state index in [4.69, 9.17) is 4.74 Å². The van der Waals surface area contributed by atoms with Crippen LogP contribution in [-0.4, -0.2) is 89.5 Å². The van der Waals surface area contributed by atoms with Crippen LogP contribution in [0, 0.1) is 5.41 Å². The number of imide groups is 1. The summed E-state index contributed by atoms with van der Waals surface area (Å²) >= 11 is 0. The number of carbonyl (C=O) groups excluding carboxylic acids is 5. The summed E-state index contributed by atoms with van der Waals surface area (Å²) in [5.41, 5.74) is -0.112. The summed E-state index contributed by atoms with van der Waals surface area (Å²) in [6.45, 7) is 8.92. The van der Waals surface area contributed by atoms with E-state index in [0.717, 1.165) is 4.90 Å². The molecule has 0 spiro atoms. The summed E-state index contributed by atoms with van der Waals surface area (Å²) in [6.07, 6.45) is 2.85. The number of ketones is 1. The van der Waals surface area contributed by atoms with Crippen LogP contribution in [0.2, 0.25) is 0 Å². The first-order valence-corrected chi connectivity index (χ1v) is 10.2. The first-order chi connectivity index (χ1) is 14.0. The van der Waals surface area contributed by atoms with Crippen LogP contribution < -0.4 is 0 Å². The van der Waals surface area contributed by atoms with Crippen LogP contribution in [0.5, 0.6) is 0 Å². The van der Waals surface area contributed by atoms with E-state index in [1.165, 1.54) is 19.1 Å². The molecule has 2 aliphatic rings. The van der Waals surface area contributed by atoms with Crippen LogP contribution >= 0.6 is 0 Å². The Morgan fingerprint density at radius 2 is 1.73 bits per heavy atom. The Bertz CT molecular complexity index is 722. The molecule has 9 nitrogen and oxygen atoms in total. The van der Waals surface area contributed by atoms with E-state index in [-0.39, 0.29) is 49.3 Å². The second kappa shape index (κ2) is 9.97. The van der Waals surface area contributed by atoms with Crippen molar-refractivity contribution in [3.05, 3.63) is 12.2 Å². The molecule has 1 unspecified atom stereocenters. The summed E-state index contributed by atoms with van der Waals surface area (Å²) in [5.74, 6) is -1.33. The molecule has 0 saturated carbocycles. The van der Waals surface area contributed by atoms with E-state index < -0.39 is 17.8 Å². The molecule has 0 aromatic heterocycles. The van der Waals surface area contributed by atoms with Crippen molar-refractivity contribution in [1.29, 1.82) is 0 Å². The number of piperazine rings is 1. The van der Waals surface area contributed by atoms with Gasteiger partial charge < -0.3 is 9.64 Å². The lowest BCUT2D eigenvalue weighted by molar-refractivity contribution is -0.145. The third kappa shape index (κ3) is 7.05. The number of hydrogen-bond donors (Lipinski definition) is 0. The molecular formula is C21H31N3O6. The van der Waals surface area contributed by atoms with Crippen molar-refractivity contribution in [2.75, 3.05) is 39.3 Å². The van der Waals surface area contributed by atoms with Crippen LogP contribution in [0.15, 0.2) is 12.2 Å². The summed E-state index contributed by atoms with van der Waals surface area (Å²) in [5, 5.41) is 0. The van der Waals surface area contributed by atoms with E-state index in [2.05, 4.69) is 0 Å². The van der Waals surface area contributed by atoms with Gasteiger partial charge in [0.15, 0.2) is 0 Å². The number of esters is 1. The third-order valence-electron chi connectivity index (χ3n) is 4.99. The summed E-state index contributed by atoms with van der Waals surface area (Å²) in [7, 11) is 0. The minimum Gasteiger partial charge on any atom is -0.464 e. The minimum atomic E-state index is -0.419. The van der Waals surface area contributed by atoms with Gasteiger partial charge in [-0.25, -0.2) is 0 Å². The highest BCUT2D eigenvalue weighted by molar-refractivity contribution is 6.13. The highest BCUT2D eigenvalue weighted by Crippen LogP contribution is 2.20. The molecule has 1 fully saturated rings. The average molecular weight is 421 g/mol. The van der Waals surface area contributed by atoms with Gasteiger partial charge in [-0.3, -0.25) is 33.8 Å². The molecular weight excluding hydrogens is 390 g/mol. The fraction of sp³-hybridized carbons (Fsp3) is 0.667. The monoisotopic (exact) mass is 421 g/mol. The van der Waals surface area contributed by atoms with Gasteiger partial charge in [0.05, 0.1) is 12.6 Å². The maximum absolute atomic E-state index is 12.6. The van der Waals surface area contributed by atoms with Gasteiger partial charge in [-0.2, -0.15) is 0 Å². The topological polar surface area (TPSA) is 104 Å². The van der Waals surface area contributed by atoms with Gasteiger partial charge in [0.1, 0.15) is 12.4 Å². The van der Waals surface area contributed by atoms with E-state index in [9.17, 15) is 24.0 Å². The highest BCUT2D eigenvalue weighted by atomic mass is 16.5. The van der Waals surface area contributed by atoms with Gasteiger partial charge in [0.2, 0.25) is 5.91 Å². The van der Waals surface area contributed by atoms with Gasteiger partial charge in [0, 0.05) is 58.1 Å². The maximum atomic E-state index is 12.6. The third-order valence-corrected chi connectivity index (χ3v) is 4.99. The van der Waals surface area contributed by atoms with E-state index in [0.29, 0.717) is 26.1 Å². The molecule has 1 atom stereocenters. The zero-order valence-corrected chi connectivity index (χ0v) is 18.2. The second-order valence-electron chi connectivity index (χ2n) is 8.95. The van der Waals surface area contributed by atoms with Gasteiger partial charge >= 0.3 is 5.97 Å². The summed E-state index contributed by atoms with van der Waals surface area (Å²) in [4.78, 5) is 64.2. The molecule has 2 rings (SSSR count).